The van der Waals surface area contributed by atoms with Gasteiger partial charge in [-0.1, -0.05) is 58.3 Å². The zero-order valence-corrected chi connectivity index (χ0v) is 20.1. The minimum Gasteiger partial charge on any atom is -0.726 e. The zero-order valence-electron chi connectivity index (χ0n) is 19.2. The van der Waals surface area contributed by atoms with E-state index in [0.717, 1.165) is 25.8 Å². The molecule has 7 nitrogen and oxygen atoms in total. The van der Waals surface area contributed by atoms with Crippen molar-refractivity contribution >= 4 is 22.4 Å². The summed E-state index contributed by atoms with van der Waals surface area (Å²) in [5, 5.41) is 7.14. The summed E-state index contributed by atoms with van der Waals surface area (Å²) in [6.07, 6.45) is 14.6. The lowest BCUT2D eigenvalue weighted by molar-refractivity contribution is -0.903. The monoisotopic (exact) mass is 436 g/mol. The van der Waals surface area contributed by atoms with Gasteiger partial charge in [0.05, 0.1) is 27.2 Å². The van der Waals surface area contributed by atoms with Crippen LogP contribution in [0.2, 0.25) is 0 Å². The van der Waals surface area contributed by atoms with E-state index in [9.17, 15) is 17.8 Å². The largest absolute Gasteiger partial charge is 0.726 e. The fourth-order valence-corrected chi connectivity index (χ4v) is 3.23. The SMILES string of the molecule is CCCCCCCCCCCC(=O)C(C)[N+](C)(C)CCC=N.CCOS(=O)(=O)[O-]. The van der Waals surface area contributed by atoms with Crippen molar-refractivity contribution in [2.24, 2.45) is 0 Å². The second-order valence-corrected chi connectivity index (χ2v) is 9.08. The summed E-state index contributed by atoms with van der Waals surface area (Å²) < 4.78 is 32.7. The van der Waals surface area contributed by atoms with Crippen LogP contribution in [-0.4, -0.2) is 62.7 Å². The van der Waals surface area contributed by atoms with Crippen molar-refractivity contribution in [3.63, 3.8) is 0 Å². The number of rotatable bonds is 17. The molecular formula is C21H44N2O5S. The van der Waals surface area contributed by atoms with E-state index in [2.05, 4.69) is 25.2 Å². The maximum absolute atomic E-state index is 12.3. The van der Waals surface area contributed by atoms with Crippen LogP contribution in [0.1, 0.15) is 91.4 Å². The Morgan fingerprint density at radius 3 is 1.90 bits per heavy atom. The number of unbranched alkanes of at least 4 members (excludes halogenated alkanes) is 8. The van der Waals surface area contributed by atoms with Crippen LogP contribution < -0.4 is 0 Å². The van der Waals surface area contributed by atoms with Gasteiger partial charge in [0.1, 0.15) is 6.04 Å². The molecule has 0 rings (SSSR count). The van der Waals surface area contributed by atoms with Crippen LogP contribution in [0.5, 0.6) is 0 Å². The summed E-state index contributed by atoms with van der Waals surface area (Å²) in [4.78, 5) is 12.3. The van der Waals surface area contributed by atoms with E-state index in [0.29, 0.717) is 10.3 Å². The van der Waals surface area contributed by atoms with E-state index >= 15 is 0 Å². The lowest BCUT2D eigenvalue weighted by Gasteiger charge is -2.34. The van der Waals surface area contributed by atoms with E-state index in [-0.39, 0.29) is 12.6 Å². The van der Waals surface area contributed by atoms with Gasteiger partial charge >= 0.3 is 0 Å². The van der Waals surface area contributed by atoms with Crippen molar-refractivity contribution in [1.29, 1.82) is 5.41 Å². The standard InChI is InChI=1S/C19H39N2O.C2H6O4S/c1-5-6-7-8-9-10-11-12-13-15-19(22)18(2)21(3,4)17-14-16-20;1-2-6-7(3,4)5/h16,18,20H,5-15,17H2,1-4H3;2H2,1H3,(H,3,4,5)/q+1;/p-1. The van der Waals surface area contributed by atoms with E-state index < -0.39 is 10.4 Å². The molecule has 174 valence electrons. The molecule has 0 aliphatic carbocycles. The van der Waals surface area contributed by atoms with E-state index in [1.54, 1.807) is 0 Å². The molecule has 0 heterocycles. The summed E-state index contributed by atoms with van der Waals surface area (Å²) >= 11 is 0. The van der Waals surface area contributed by atoms with Crippen LogP contribution in [0.15, 0.2) is 0 Å². The number of ketones is 1. The molecule has 0 amide bonds. The first-order valence-electron chi connectivity index (χ1n) is 11.0. The topological polar surface area (TPSA) is 107 Å². The van der Waals surface area contributed by atoms with Gasteiger partial charge in [-0.05, 0) is 20.3 Å². The molecule has 1 N–H and O–H groups in total. The Bertz CT molecular complexity index is 521. The Morgan fingerprint density at radius 1 is 1.03 bits per heavy atom. The van der Waals surface area contributed by atoms with Crippen molar-refractivity contribution in [2.45, 2.75) is 97.4 Å². The highest BCUT2D eigenvalue weighted by molar-refractivity contribution is 7.80. The minimum atomic E-state index is -4.42. The summed E-state index contributed by atoms with van der Waals surface area (Å²) in [5.74, 6) is 0.387. The van der Waals surface area contributed by atoms with E-state index in [1.807, 2.05) is 6.92 Å². The second-order valence-electron chi connectivity index (χ2n) is 8.03. The van der Waals surface area contributed by atoms with Crippen LogP contribution in [0.25, 0.3) is 0 Å². The predicted molar refractivity (Wildman–Crippen MR) is 118 cm³/mol. The molecule has 1 atom stereocenters. The molecule has 8 heteroatoms. The predicted octanol–water partition coefficient (Wildman–Crippen LogP) is 4.46. The first kappa shape index (κ1) is 30.4. The molecule has 0 aromatic carbocycles. The molecule has 29 heavy (non-hydrogen) atoms. The maximum Gasteiger partial charge on any atom is 0.217 e. The van der Waals surface area contributed by atoms with Gasteiger partial charge in [-0.25, -0.2) is 8.42 Å². The van der Waals surface area contributed by atoms with Crippen LogP contribution in [0.4, 0.5) is 0 Å². The Hall–Kier alpha value is -0.830. The number of nitrogens with zero attached hydrogens (tertiary/aromatic N) is 1. The van der Waals surface area contributed by atoms with Gasteiger partial charge in [-0.2, -0.15) is 0 Å². The van der Waals surface area contributed by atoms with Crippen molar-refractivity contribution in [2.75, 3.05) is 27.2 Å². The number of nitrogens with one attached hydrogen (secondary N) is 1. The third kappa shape index (κ3) is 20.2. The van der Waals surface area contributed by atoms with Crippen molar-refractivity contribution in [3.8, 4) is 0 Å². The number of hydrogen-bond donors (Lipinski definition) is 1. The Kier molecular flexibility index (Phi) is 18.8. The second kappa shape index (κ2) is 18.0. The van der Waals surface area contributed by atoms with Crippen LogP contribution in [-0.2, 0) is 19.4 Å². The molecule has 0 saturated carbocycles. The number of hydrogen-bond acceptors (Lipinski definition) is 6. The number of likely N-dealkylation sites (N-methyl/N-ethyl adjacent to an activating group) is 1. The lowest BCUT2D eigenvalue weighted by Crippen LogP contribution is -2.51. The van der Waals surface area contributed by atoms with Gasteiger partial charge in [0.25, 0.3) is 0 Å². The van der Waals surface area contributed by atoms with Gasteiger partial charge in [0.15, 0.2) is 5.78 Å². The molecule has 0 spiro atoms. The molecule has 0 fully saturated rings. The molecule has 0 aliphatic rings. The highest BCUT2D eigenvalue weighted by Gasteiger charge is 2.29. The van der Waals surface area contributed by atoms with Crippen LogP contribution in [0.3, 0.4) is 0 Å². The maximum atomic E-state index is 12.3. The van der Waals surface area contributed by atoms with Gasteiger partial charge in [-0.3, -0.25) is 8.98 Å². The van der Waals surface area contributed by atoms with Gasteiger partial charge in [-0.15, -0.1) is 0 Å². The number of quaternary nitrogens is 1. The fraction of sp³-hybridized carbons (Fsp3) is 0.905. The van der Waals surface area contributed by atoms with E-state index in [1.165, 1.54) is 64.5 Å². The van der Waals surface area contributed by atoms with Crippen LogP contribution in [0, 0.1) is 5.41 Å². The number of carbonyl (C=O) groups is 1. The molecule has 0 radical (unpaired) electrons. The average Bonchev–Trinajstić information content (AvgIpc) is 2.63. The highest BCUT2D eigenvalue weighted by Crippen LogP contribution is 2.14. The van der Waals surface area contributed by atoms with Gasteiger partial charge < -0.3 is 14.4 Å². The summed E-state index contributed by atoms with van der Waals surface area (Å²) in [6, 6.07) is 0.0500. The first-order valence-corrected chi connectivity index (χ1v) is 12.3. The average molecular weight is 437 g/mol. The van der Waals surface area contributed by atoms with Gasteiger partial charge in [0, 0.05) is 19.1 Å². The zero-order chi connectivity index (χ0) is 22.8. The quantitative estimate of drug-likeness (QED) is 0.119. The molecule has 0 aromatic heterocycles. The molecular weight excluding hydrogens is 392 g/mol. The lowest BCUT2D eigenvalue weighted by atomic mass is 10.0. The van der Waals surface area contributed by atoms with Crippen LogP contribution >= 0.6 is 0 Å². The smallest absolute Gasteiger partial charge is 0.217 e. The minimum absolute atomic E-state index is 0.0500. The molecule has 0 saturated heterocycles. The first-order chi connectivity index (χ1) is 13.5. The third-order valence-corrected chi connectivity index (χ3v) is 5.68. The summed E-state index contributed by atoms with van der Waals surface area (Å²) in [6.45, 7) is 6.50. The third-order valence-electron chi connectivity index (χ3n) is 5.15. The molecule has 1 unspecified atom stereocenters. The normalized spacial score (nSPS) is 12.8. The van der Waals surface area contributed by atoms with E-state index in [4.69, 9.17) is 5.41 Å². The van der Waals surface area contributed by atoms with Crippen molar-refractivity contribution in [3.05, 3.63) is 0 Å². The number of Topliss-reactive ketones (excluding diaryl/α,β-unsaturated/α-hetero) is 1. The Labute approximate surface area is 179 Å². The van der Waals surface area contributed by atoms with Gasteiger partial charge in [0.2, 0.25) is 10.4 Å². The summed E-state index contributed by atoms with van der Waals surface area (Å²) in [5.41, 5.74) is 0. The highest BCUT2D eigenvalue weighted by atomic mass is 32.3. The summed E-state index contributed by atoms with van der Waals surface area (Å²) in [7, 11) is -0.225. The van der Waals surface area contributed by atoms with Crippen molar-refractivity contribution in [1.82, 2.24) is 0 Å². The Balaban J connectivity index is 0. The number of carbonyl (C=O) groups excluding carboxylic acids is 1. The molecule has 0 aliphatic heterocycles. The molecule has 0 aromatic rings. The van der Waals surface area contributed by atoms with Crippen molar-refractivity contribution < 1.29 is 26.4 Å². The fourth-order valence-electron chi connectivity index (χ4n) is 2.94. The Morgan fingerprint density at radius 2 is 1.52 bits per heavy atom. The molecule has 0 bridgehead atoms.